The van der Waals surface area contributed by atoms with E-state index >= 15 is 0 Å². The Morgan fingerprint density at radius 2 is 1.88 bits per heavy atom. The summed E-state index contributed by atoms with van der Waals surface area (Å²) in [6.45, 7) is 5.86. The molecule has 0 unspecified atom stereocenters. The number of hydrogen-bond donors (Lipinski definition) is 4. The number of aromatic nitrogens is 2. The number of anilines is 2. The summed E-state index contributed by atoms with van der Waals surface area (Å²) < 4.78 is 1.15. The lowest BCUT2D eigenvalue weighted by Crippen LogP contribution is -2.31. The van der Waals surface area contributed by atoms with Crippen LogP contribution in [0, 0.1) is 5.41 Å². The molecule has 2 aromatic carbocycles. The Kier molecular flexibility index (Phi) is 5.89. The summed E-state index contributed by atoms with van der Waals surface area (Å²) in [5, 5.41) is 17.6. The van der Waals surface area contributed by atoms with E-state index in [0.29, 0.717) is 0 Å². The Morgan fingerprint density at radius 3 is 2.70 bits per heavy atom. The van der Waals surface area contributed by atoms with E-state index in [4.69, 9.17) is 0 Å². The van der Waals surface area contributed by atoms with Crippen LogP contribution in [0.3, 0.4) is 0 Å². The van der Waals surface area contributed by atoms with Crippen molar-refractivity contribution in [3.8, 4) is 10.4 Å². The van der Waals surface area contributed by atoms with Gasteiger partial charge < -0.3 is 20.7 Å². The van der Waals surface area contributed by atoms with Crippen LogP contribution in [0.25, 0.3) is 31.6 Å². The lowest BCUT2D eigenvalue weighted by molar-refractivity contribution is 0.156. The van der Waals surface area contributed by atoms with Crippen LogP contribution in [0.1, 0.15) is 19.4 Å². The number of hydrogen-bond acceptors (Lipinski definition) is 5. The number of H-pyrrole nitrogens is 1. The fraction of sp³-hybridized carbons (Fsp3) is 0.222. The van der Waals surface area contributed by atoms with E-state index in [-0.39, 0.29) is 12.0 Å². The molecule has 3 aromatic heterocycles. The van der Waals surface area contributed by atoms with Crippen molar-refractivity contribution in [2.24, 2.45) is 5.41 Å². The Labute approximate surface area is 197 Å². The maximum Gasteiger partial charge on any atom is 0.0837 e. The number of fused-ring (bicyclic) bond motifs is 2. The minimum absolute atomic E-state index is 0.108. The van der Waals surface area contributed by atoms with Crippen LogP contribution < -0.4 is 10.6 Å². The van der Waals surface area contributed by atoms with Crippen molar-refractivity contribution in [2.45, 2.75) is 20.4 Å². The maximum atomic E-state index is 9.40. The smallest absolute Gasteiger partial charge is 0.0837 e. The second-order valence-electron chi connectivity index (χ2n) is 9.21. The Balaban J connectivity index is 1.34. The molecule has 5 nitrogen and oxygen atoms in total. The van der Waals surface area contributed by atoms with Crippen molar-refractivity contribution in [1.82, 2.24) is 15.3 Å². The molecule has 0 radical (unpaired) electrons. The lowest BCUT2D eigenvalue weighted by Gasteiger charge is -2.21. The topological polar surface area (TPSA) is 73.0 Å². The third-order valence-corrected chi connectivity index (χ3v) is 7.05. The predicted octanol–water partition coefficient (Wildman–Crippen LogP) is 6.30. The van der Waals surface area contributed by atoms with Crippen LogP contribution in [0.5, 0.6) is 0 Å². The first kappa shape index (κ1) is 21.6. The molecule has 4 N–H and O–H groups in total. The molecule has 0 aliphatic carbocycles. The molecule has 0 atom stereocenters. The molecule has 0 saturated heterocycles. The first-order valence-electron chi connectivity index (χ1n) is 11.1. The SMILES string of the molecule is CC(C)(CO)CNCc1ccc(-c2cc3nccc(Nc4ccc5[nH]ccc5c4)c3s2)cc1. The first-order valence-corrected chi connectivity index (χ1v) is 12.0. The van der Waals surface area contributed by atoms with Crippen molar-refractivity contribution in [2.75, 3.05) is 18.5 Å². The van der Waals surface area contributed by atoms with Crippen LogP contribution in [0.2, 0.25) is 0 Å². The molecule has 33 heavy (non-hydrogen) atoms. The zero-order valence-corrected chi connectivity index (χ0v) is 19.7. The van der Waals surface area contributed by atoms with E-state index in [1.165, 1.54) is 21.4 Å². The molecule has 168 valence electrons. The number of nitrogens with zero attached hydrogens (tertiary/aromatic N) is 1. The predicted molar refractivity (Wildman–Crippen MR) is 139 cm³/mol. The number of aromatic amines is 1. The second-order valence-corrected chi connectivity index (χ2v) is 10.3. The van der Waals surface area contributed by atoms with Crippen molar-refractivity contribution in [3.05, 3.63) is 78.6 Å². The molecule has 0 aliphatic heterocycles. The summed E-state index contributed by atoms with van der Waals surface area (Å²) in [7, 11) is 0. The third-order valence-electron chi connectivity index (χ3n) is 5.84. The van der Waals surface area contributed by atoms with Crippen LogP contribution in [-0.4, -0.2) is 28.2 Å². The van der Waals surface area contributed by atoms with Crippen molar-refractivity contribution >= 4 is 43.8 Å². The van der Waals surface area contributed by atoms with Gasteiger partial charge in [0, 0.05) is 59.0 Å². The summed E-state index contributed by atoms with van der Waals surface area (Å²) in [5.41, 5.74) is 6.58. The van der Waals surface area contributed by atoms with E-state index < -0.39 is 0 Å². The van der Waals surface area contributed by atoms with Gasteiger partial charge >= 0.3 is 0 Å². The highest BCUT2D eigenvalue weighted by Gasteiger charge is 2.15. The molecule has 0 spiro atoms. The lowest BCUT2D eigenvalue weighted by atomic mass is 9.95. The Morgan fingerprint density at radius 1 is 1.03 bits per heavy atom. The number of rotatable bonds is 8. The summed E-state index contributed by atoms with van der Waals surface area (Å²) >= 11 is 1.76. The Bertz CT molecular complexity index is 1380. The minimum Gasteiger partial charge on any atom is -0.396 e. The van der Waals surface area contributed by atoms with Gasteiger partial charge in [0.15, 0.2) is 0 Å². The molecule has 3 heterocycles. The van der Waals surface area contributed by atoms with E-state index in [1.807, 2.05) is 18.5 Å². The summed E-state index contributed by atoms with van der Waals surface area (Å²) in [5.74, 6) is 0. The number of aliphatic hydroxyl groups excluding tert-OH is 1. The first-order chi connectivity index (χ1) is 16.0. The molecule has 0 amide bonds. The number of aliphatic hydroxyl groups is 1. The highest BCUT2D eigenvalue weighted by molar-refractivity contribution is 7.22. The van der Waals surface area contributed by atoms with Crippen LogP contribution >= 0.6 is 11.3 Å². The average molecular weight is 457 g/mol. The highest BCUT2D eigenvalue weighted by atomic mass is 32.1. The van der Waals surface area contributed by atoms with Crippen LogP contribution in [0.4, 0.5) is 11.4 Å². The number of pyridine rings is 1. The quantitative estimate of drug-likeness (QED) is 0.221. The van der Waals surface area contributed by atoms with Gasteiger partial charge in [-0.05, 0) is 47.5 Å². The highest BCUT2D eigenvalue weighted by Crippen LogP contribution is 2.37. The van der Waals surface area contributed by atoms with Gasteiger partial charge in [0.2, 0.25) is 0 Å². The van der Waals surface area contributed by atoms with Crippen LogP contribution in [0.15, 0.2) is 73.1 Å². The molecule has 0 bridgehead atoms. The molecular formula is C27H28N4OS. The van der Waals surface area contributed by atoms with Gasteiger partial charge in [-0.3, -0.25) is 4.98 Å². The van der Waals surface area contributed by atoms with Crippen molar-refractivity contribution < 1.29 is 5.11 Å². The average Bonchev–Trinajstić information content (AvgIpc) is 3.47. The molecule has 5 aromatic rings. The number of thiophene rings is 1. The molecule has 5 rings (SSSR count). The van der Waals surface area contributed by atoms with Gasteiger partial charge in [0.05, 0.1) is 15.9 Å². The van der Waals surface area contributed by atoms with Gasteiger partial charge in [-0.2, -0.15) is 0 Å². The van der Waals surface area contributed by atoms with Gasteiger partial charge in [-0.1, -0.05) is 38.1 Å². The molecule has 0 saturated carbocycles. The fourth-order valence-electron chi connectivity index (χ4n) is 3.85. The number of nitrogens with one attached hydrogen (secondary N) is 3. The largest absolute Gasteiger partial charge is 0.396 e. The third kappa shape index (κ3) is 4.78. The molecular weight excluding hydrogens is 428 g/mol. The van der Waals surface area contributed by atoms with Gasteiger partial charge in [0.25, 0.3) is 0 Å². The van der Waals surface area contributed by atoms with Gasteiger partial charge in [-0.15, -0.1) is 11.3 Å². The zero-order valence-electron chi connectivity index (χ0n) is 18.9. The monoisotopic (exact) mass is 456 g/mol. The molecule has 6 heteroatoms. The van der Waals surface area contributed by atoms with Crippen LogP contribution in [-0.2, 0) is 6.54 Å². The van der Waals surface area contributed by atoms with Gasteiger partial charge in [-0.25, -0.2) is 0 Å². The molecule has 0 fully saturated rings. The van der Waals surface area contributed by atoms with Gasteiger partial charge in [0.1, 0.15) is 0 Å². The number of benzene rings is 2. The summed E-state index contributed by atoms with van der Waals surface area (Å²) in [4.78, 5) is 9.03. The Hall–Kier alpha value is -3.19. The van der Waals surface area contributed by atoms with E-state index in [2.05, 4.69) is 89.0 Å². The standard InChI is InChI=1S/C27H28N4OS/c1-27(2,17-32)16-28-15-18-3-5-19(6-4-18)25-14-24-26(33-25)23(10-12-30-24)31-21-7-8-22-20(13-21)9-11-29-22/h3-14,28-29,32H,15-17H2,1-2H3,(H,30,31). The molecule has 0 aliphatic rings. The van der Waals surface area contributed by atoms with E-state index in [0.717, 1.165) is 40.2 Å². The maximum absolute atomic E-state index is 9.40. The van der Waals surface area contributed by atoms with E-state index in [9.17, 15) is 5.11 Å². The summed E-state index contributed by atoms with van der Waals surface area (Å²) in [6, 6.07) is 21.3. The van der Waals surface area contributed by atoms with Crippen molar-refractivity contribution in [3.63, 3.8) is 0 Å². The van der Waals surface area contributed by atoms with E-state index in [1.54, 1.807) is 11.3 Å². The fourth-order valence-corrected chi connectivity index (χ4v) is 4.94. The minimum atomic E-state index is -0.108. The normalized spacial score (nSPS) is 12.0. The summed E-state index contributed by atoms with van der Waals surface area (Å²) in [6.07, 6.45) is 3.82. The second kappa shape index (κ2) is 8.98. The van der Waals surface area contributed by atoms with Crippen molar-refractivity contribution in [1.29, 1.82) is 0 Å². The zero-order chi connectivity index (χ0) is 22.8.